The van der Waals surface area contributed by atoms with Crippen LogP contribution in [0, 0.1) is 0 Å². The fourth-order valence-corrected chi connectivity index (χ4v) is 6.89. The third kappa shape index (κ3) is 10.8. The number of rotatable bonds is 17. The van der Waals surface area contributed by atoms with Crippen molar-refractivity contribution in [1.29, 1.82) is 0 Å². The second kappa shape index (κ2) is 18.8. The van der Waals surface area contributed by atoms with E-state index >= 15 is 0 Å². The summed E-state index contributed by atoms with van der Waals surface area (Å²) in [5, 5.41) is 21.1. The summed E-state index contributed by atoms with van der Waals surface area (Å²) in [5.74, 6) is -0.426. The Kier molecular flexibility index (Phi) is 14.0. The summed E-state index contributed by atoms with van der Waals surface area (Å²) in [6, 6.07) is 25.1. The topological polar surface area (TPSA) is 120 Å². The van der Waals surface area contributed by atoms with E-state index < -0.39 is 12.2 Å². The molecule has 2 amide bonds. The molecule has 3 atom stereocenters. The van der Waals surface area contributed by atoms with Gasteiger partial charge in [-0.15, -0.1) is 6.58 Å². The normalized spacial score (nSPS) is 19.5. The summed E-state index contributed by atoms with van der Waals surface area (Å²) in [5.41, 5.74) is 7.68. The fourth-order valence-electron chi connectivity index (χ4n) is 6.89. The van der Waals surface area contributed by atoms with Crippen molar-refractivity contribution >= 4 is 11.8 Å². The highest BCUT2D eigenvalue weighted by Gasteiger charge is 2.34. The van der Waals surface area contributed by atoms with Gasteiger partial charge in [-0.1, -0.05) is 92.1 Å². The highest BCUT2D eigenvalue weighted by atomic mass is 16.7. The molecule has 1 aliphatic heterocycles. The van der Waals surface area contributed by atoms with Crippen LogP contribution in [0.4, 0.5) is 0 Å². The van der Waals surface area contributed by atoms with Gasteiger partial charge in [0, 0.05) is 50.5 Å². The SMILES string of the molecule is C=CCN(C[C@@H]1C[C@H](c2ccc(CO)cc2)O[C@H](c2ccc(-c3cccc(CNC(=O)CCCCCC(=O)NO)c3)cc2)O1)C1CCCC1. The third-order valence-electron chi connectivity index (χ3n) is 9.62. The van der Waals surface area contributed by atoms with E-state index in [1.807, 2.05) is 30.3 Å². The number of hydroxylamine groups is 1. The molecule has 2 aliphatic rings. The smallest absolute Gasteiger partial charge is 0.243 e. The zero-order chi connectivity index (χ0) is 34.4. The van der Waals surface area contributed by atoms with Gasteiger partial charge in [-0.3, -0.25) is 19.7 Å². The number of carbonyl (C=O) groups excluding carboxylic acids is 2. The number of nitrogens with one attached hydrogen (secondary N) is 2. The molecule has 49 heavy (non-hydrogen) atoms. The van der Waals surface area contributed by atoms with E-state index in [1.54, 1.807) is 5.48 Å². The number of amides is 2. The van der Waals surface area contributed by atoms with E-state index in [-0.39, 0.29) is 31.1 Å². The Bertz CT molecular complexity index is 1490. The van der Waals surface area contributed by atoms with E-state index in [2.05, 4.69) is 65.3 Å². The summed E-state index contributed by atoms with van der Waals surface area (Å²) in [4.78, 5) is 26.0. The van der Waals surface area contributed by atoms with Crippen molar-refractivity contribution in [3.05, 3.63) is 108 Å². The van der Waals surface area contributed by atoms with Crippen LogP contribution in [0.2, 0.25) is 0 Å². The molecule has 0 spiro atoms. The first-order chi connectivity index (χ1) is 23.9. The van der Waals surface area contributed by atoms with Crippen LogP contribution in [0.25, 0.3) is 11.1 Å². The van der Waals surface area contributed by atoms with Crippen LogP contribution in [-0.2, 0) is 32.2 Å². The number of hydrogen-bond donors (Lipinski definition) is 4. The first-order valence-corrected chi connectivity index (χ1v) is 17.7. The molecule has 9 heteroatoms. The number of benzene rings is 3. The minimum Gasteiger partial charge on any atom is -0.392 e. The van der Waals surface area contributed by atoms with Crippen LogP contribution in [0.1, 0.15) is 98.9 Å². The predicted molar refractivity (Wildman–Crippen MR) is 189 cm³/mol. The second-order valence-electron chi connectivity index (χ2n) is 13.2. The molecule has 1 saturated carbocycles. The maximum atomic E-state index is 12.4. The standard InChI is InChI=1S/C40H51N3O6/c1-2-23-43(35-11-6-7-12-35)27-36-25-37(32-17-15-29(28-44)16-18-32)49-40(48-36)33-21-19-31(20-22-33)34-10-8-9-30(24-34)26-41-38(45)13-4-3-5-14-39(46)42-47/h2,8-10,15-22,24,35-37,40,44,47H,1,3-7,11-14,23,25-28H2,(H,41,45)(H,42,46)/t36-,37+,40+/m0/s1. The Morgan fingerprint density at radius 3 is 2.27 bits per heavy atom. The van der Waals surface area contributed by atoms with E-state index in [0.29, 0.717) is 31.8 Å². The molecule has 5 rings (SSSR count). The van der Waals surface area contributed by atoms with Crippen molar-refractivity contribution in [2.45, 2.75) is 102 Å². The molecule has 1 saturated heterocycles. The van der Waals surface area contributed by atoms with Gasteiger partial charge in [0.15, 0.2) is 6.29 Å². The summed E-state index contributed by atoms with van der Waals surface area (Å²) < 4.78 is 13.3. The quantitative estimate of drug-likeness (QED) is 0.0535. The van der Waals surface area contributed by atoms with Crippen LogP contribution in [-0.4, -0.2) is 52.3 Å². The Hall–Kier alpha value is -3.86. The Labute approximate surface area is 290 Å². The number of unbranched alkanes of at least 4 members (excludes halogenated alkanes) is 2. The van der Waals surface area contributed by atoms with Crippen molar-refractivity contribution in [1.82, 2.24) is 15.7 Å². The minimum absolute atomic E-state index is 0.0124. The highest BCUT2D eigenvalue weighted by molar-refractivity contribution is 5.76. The maximum Gasteiger partial charge on any atom is 0.243 e. The lowest BCUT2D eigenvalue weighted by Crippen LogP contribution is -2.43. The summed E-state index contributed by atoms with van der Waals surface area (Å²) in [6.45, 7) is 6.14. The third-order valence-corrected chi connectivity index (χ3v) is 9.62. The second-order valence-corrected chi connectivity index (χ2v) is 13.2. The Morgan fingerprint density at radius 2 is 1.57 bits per heavy atom. The average molecular weight is 670 g/mol. The van der Waals surface area contributed by atoms with Crippen molar-refractivity contribution in [3.63, 3.8) is 0 Å². The zero-order valence-electron chi connectivity index (χ0n) is 28.4. The average Bonchev–Trinajstić information content (AvgIpc) is 3.69. The molecule has 9 nitrogen and oxygen atoms in total. The lowest BCUT2D eigenvalue weighted by molar-refractivity contribution is -0.253. The van der Waals surface area contributed by atoms with E-state index in [4.69, 9.17) is 14.7 Å². The molecule has 3 aromatic rings. The number of aliphatic hydroxyl groups excluding tert-OH is 1. The van der Waals surface area contributed by atoms with Crippen molar-refractivity contribution in [2.75, 3.05) is 13.1 Å². The first kappa shape index (κ1) is 36.4. The van der Waals surface area contributed by atoms with Crippen LogP contribution in [0.3, 0.4) is 0 Å². The van der Waals surface area contributed by atoms with Crippen molar-refractivity contribution in [3.8, 4) is 11.1 Å². The molecule has 3 aromatic carbocycles. The zero-order valence-corrected chi connectivity index (χ0v) is 28.4. The van der Waals surface area contributed by atoms with Crippen LogP contribution < -0.4 is 10.8 Å². The first-order valence-electron chi connectivity index (χ1n) is 17.7. The van der Waals surface area contributed by atoms with Crippen LogP contribution in [0.5, 0.6) is 0 Å². The molecule has 1 heterocycles. The monoisotopic (exact) mass is 669 g/mol. The van der Waals surface area contributed by atoms with Gasteiger partial charge in [0.2, 0.25) is 11.8 Å². The van der Waals surface area contributed by atoms with Gasteiger partial charge in [-0.2, -0.15) is 0 Å². The molecule has 1 aliphatic carbocycles. The number of carbonyl (C=O) groups is 2. The highest BCUT2D eigenvalue weighted by Crippen LogP contribution is 2.39. The van der Waals surface area contributed by atoms with Gasteiger partial charge < -0.3 is 19.9 Å². The lowest BCUT2D eigenvalue weighted by atomic mass is 9.98. The summed E-state index contributed by atoms with van der Waals surface area (Å²) in [6.07, 6.45) is 9.79. The van der Waals surface area contributed by atoms with E-state index in [0.717, 1.165) is 59.3 Å². The lowest BCUT2D eigenvalue weighted by Gasteiger charge is -2.39. The van der Waals surface area contributed by atoms with Crippen LogP contribution >= 0.6 is 0 Å². The molecule has 0 bridgehead atoms. The molecule has 2 fully saturated rings. The Morgan fingerprint density at radius 1 is 0.857 bits per heavy atom. The molecular formula is C40H51N3O6. The molecule has 0 unspecified atom stereocenters. The minimum atomic E-state index is -0.516. The van der Waals surface area contributed by atoms with Gasteiger partial charge in [-0.05, 0) is 59.6 Å². The number of aliphatic hydroxyl groups is 1. The molecular weight excluding hydrogens is 618 g/mol. The van der Waals surface area contributed by atoms with E-state index in [1.165, 1.54) is 25.7 Å². The van der Waals surface area contributed by atoms with Gasteiger partial charge >= 0.3 is 0 Å². The number of nitrogens with zero attached hydrogens (tertiary/aromatic N) is 1. The van der Waals surface area contributed by atoms with Gasteiger partial charge in [0.25, 0.3) is 0 Å². The molecule has 4 N–H and O–H groups in total. The van der Waals surface area contributed by atoms with E-state index in [9.17, 15) is 14.7 Å². The predicted octanol–water partition coefficient (Wildman–Crippen LogP) is 6.89. The number of ether oxygens (including phenoxy) is 2. The summed E-state index contributed by atoms with van der Waals surface area (Å²) in [7, 11) is 0. The number of hydrogen-bond acceptors (Lipinski definition) is 7. The largest absolute Gasteiger partial charge is 0.392 e. The molecule has 0 aromatic heterocycles. The van der Waals surface area contributed by atoms with Crippen LogP contribution in [0.15, 0.2) is 85.5 Å². The maximum absolute atomic E-state index is 12.4. The van der Waals surface area contributed by atoms with Crippen molar-refractivity contribution < 1.29 is 29.4 Å². The van der Waals surface area contributed by atoms with Gasteiger partial charge in [0.1, 0.15) is 0 Å². The Balaban J connectivity index is 1.22. The van der Waals surface area contributed by atoms with Gasteiger partial charge in [0.05, 0.1) is 18.8 Å². The van der Waals surface area contributed by atoms with Crippen molar-refractivity contribution in [2.24, 2.45) is 0 Å². The fraction of sp³-hybridized carbons (Fsp3) is 0.450. The van der Waals surface area contributed by atoms with Gasteiger partial charge in [-0.25, -0.2) is 5.48 Å². The molecule has 262 valence electrons. The molecule has 0 radical (unpaired) electrons. The summed E-state index contributed by atoms with van der Waals surface area (Å²) >= 11 is 0.